The van der Waals surface area contributed by atoms with E-state index in [2.05, 4.69) is 15.0 Å². The van der Waals surface area contributed by atoms with Crippen LogP contribution in [0.2, 0.25) is 0 Å². The van der Waals surface area contributed by atoms with Crippen molar-refractivity contribution < 1.29 is 29.9 Å². The fourth-order valence-electron chi connectivity index (χ4n) is 3.65. The number of carbonyl (C=O) groups is 1. The first-order valence-electron chi connectivity index (χ1n) is 12.6. The fraction of sp³-hybridized carbons (Fsp3) is 0.241. The number of benzene rings is 1. The maximum Gasteiger partial charge on any atom is 0.281 e. The fourth-order valence-corrected chi connectivity index (χ4v) is 4.63. The van der Waals surface area contributed by atoms with Crippen LogP contribution in [0.1, 0.15) is 38.3 Å². The number of nitrogens with zero attached hydrogens (tertiary/aromatic N) is 3. The molecule has 1 N–H and O–H groups in total. The van der Waals surface area contributed by atoms with Crippen LogP contribution in [-0.4, -0.2) is 42.5 Å². The van der Waals surface area contributed by atoms with E-state index in [9.17, 15) is 17.6 Å². The maximum absolute atomic E-state index is 14.4. The average Bonchev–Trinajstić information content (AvgIpc) is 2.92. The Morgan fingerprint density at radius 2 is 1.88 bits per heavy atom. The van der Waals surface area contributed by atoms with Gasteiger partial charge in [-0.05, 0) is 60.9 Å². The third-order valence-corrected chi connectivity index (χ3v) is 6.80. The van der Waals surface area contributed by atoms with E-state index < -0.39 is 21.7 Å². The summed E-state index contributed by atoms with van der Waals surface area (Å²) in [6.07, 6.45) is 3.80. The highest BCUT2D eigenvalue weighted by Gasteiger charge is 2.24. The molecule has 0 saturated carbocycles. The highest BCUT2D eigenvalue weighted by molar-refractivity contribution is 7.90. The zero-order valence-electron chi connectivity index (χ0n) is 22.3. The normalized spacial score (nSPS) is 11.3. The molecule has 0 radical (unpaired) electrons. The number of rotatable bonds is 11. The van der Waals surface area contributed by atoms with Crippen LogP contribution in [0, 0.1) is 18.7 Å². The quantitative estimate of drug-likeness (QED) is 0.260. The molecule has 40 heavy (non-hydrogen) atoms. The molecule has 0 spiro atoms. The number of nitrogens with one attached hydrogen (secondary N) is 1. The van der Waals surface area contributed by atoms with E-state index in [-0.39, 0.29) is 31.8 Å². The Bertz CT molecular complexity index is 1610. The van der Waals surface area contributed by atoms with Crippen LogP contribution in [0.5, 0.6) is 11.6 Å². The van der Waals surface area contributed by atoms with Crippen LogP contribution < -0.4 is 14.2 Å². The molecule has 212 valence electrons. The van der Waals surface area contributed by atoms with Gasteiger partial charge >= 0.3 is 0 Å². The minimum absolute atomic E-state index is 0. The molecule has 9 nitrogen and oxygen atoms in total. The summed E-state index contributed by atoms with van der Waals surface area (Å²) in [5.74, 6) is -0.994. The van der Waals surface area contributed by atoms with Gasteiger partial charge in [0, 0.05) is 39.0 Å². The Balaban J connectivity index is 0.00000308. The molecule has 0 unspecified atom stereocenters. The molecule has 4 rings (SSSR count). The van der Waals surface area contributed by atoms with E-state index >= 15 is 0 Å². The monoisotopic (exact) mass is 568 g/mol. The topological polar surface area (TPSA) is 120 Å². The lowest BCUT2D eigenvalue weighted by molar-refractivity contribution is 0.0976. The standard InChI is InChI=1S/C29H29FN4O5S.2H2/c1-19(2)18-39-24-15-22(14-23(30)16-24)26-10-9-25(29(33-26)38-13-11-21-7-5-12-31-17-21)28(35)34-40(36,37)27-8-4-6-20(3)32-27;;/h4-10,12,14-17,19H,11,13,18H2,1-3H3,(H,34,35);2*1H. The van der Waals surface area contributed by atoms with Gasteiger partial charge < -0.3 is 9.47 Å². The summed E-state index contributed by atoms with van der Waals surface area (Å²) in [4.78, 5) is 25.7. The number of halogens is 1. The summed E-state index contributed by atoms with van der Waals surface area (Å²) >= 11 is 0. The minimum Gasteiger partial charge on any atom is -0.493 e. The SMILES string of the molecule is Cc1cccc(S(=O)(=O)NC(=O)c2ccc(-c3cc(F)cc(OCC(C)C)c3)nc2OCCc2cccnc2)n1.[HH].[HH]. The molecule has 4 aromatic rings. The number of aromatic nitrogens is 3. The van der Waals surface area contributed by atoms with Gasteiger partial charge in [-0.2, -0.15) is 8.42 Å². The van der Waals surface area contributed by atoms with E-state index in [1.54, 1.807) is 37.5 Å². The highest BCUT2D eigenvalue weighted by atomic mass is 32.2. The molecule has 1 amide bonds. The second kappa shape index (κ2) is 12.6. The van der Waals surface area contributed by atoms with E-state index in [0.29, 0.717) is 35.7 Å². The Kier molecular flexibility index (Phi) is 9.05. The van der Waals surface area contributed by atoms with Gasteiger partial charge in [-0.15, -0.1) is 0 Å². The average molecular weight is 569 g/mol. The Morgan fingerprint density at radius 1 is 1.05 bits per heavy atom. The number of aryl methyl sites for hydroxylation is 1. The molecule has 0 aliphatic rings. The van der Waals surface area contributed by atoms with Gasteiger partial charge in [-0.25, -0.2) is 19.1 Å². The third kappa shape index (κ3) is 7.60. The lowest BCUT2D eigenvalue weighted by Crippen LogP contribution is -2.31. The molecule has 0 aliphatic carbocycles. The lowest BCUT2D eigenvalue weighted by Gasteiger charge is -2.14. The van der Waals surface area contributed by atoms with Crippen LogP contribution in [0.15, 0.2) is 78.1 Å². The van der Waals surface area contributed by atoms with Crippen molar-refractivity contribution in [2.45, 2.75) is 32.2 Å². The Labute approximate surface area is 235 Å². The largest absolute Gasteiger partial charge is 0.493 e. The van der Waals surface area contributed by atoms with Gasteiger partial charge in [0.05, 0.1) is 18.9 Å². The Hall–Kier alpha value is -4.38. The predicted molar refractivity (Wildman–Crippen MR) is 151 cm³/mol. The van der Waals surface area contributed by atoms with Gasteiger partial charge in [-0.3, -0.25) is 9.78 Å². The van der Waals surface area contributed by atoms with E-state index in [0.717, 1.165) is 5.56 Å². The first kappa shape index (κ1) is 28.6. The molecule has 3 heterocycles. The van der Waals surface area contributed by atoms with Crippen molar-refractivity contribution in [3.05, 3.63) is 95.7 Å². The van der Waals surface area contributed by atoms with Gasteiger partial charge in [0.25, 0.3) is 15.9 Å². The van der Waals surface area contributed by atoms with Crippen LogP contribution in [0.25, 0.3) is 11.3 Å². The molecule has 0 bridgehead atoms. The van der Waals surface area contributed by atoms with Gasteiger partial charge in [0.15, 0.2) is 5.03 Å². The zero-order chi connectivity index (χ0) is 28.7. The number of carbonyl (C=O) groups excluding carboxylic acids is 1. The number of sulfonamides is 1. The maximum atomic E-state index is 14.4. The molecule has 11 heteroatoms. The molecule has 3 aromatic heterocycles. The summed E-state index contributed by atoms with van der Waals surface area (Å²) in [5.41, 5.74) is 1.98. The van der Waals surface area contributed by atoms with Crippen molar-refractivity contribution in [3.8, 4) is 22.9 Å². The molecule has 1 aromatic carbocycles. The zero-order valence-corrected chi connectivity index (χ0v) is 23.1. The second-order valence-corrected chi connectivity index (χ2v) is 11.1. The molecule has 0 atom stereocenters. The van der Waals surface area contributed by atoms with Crippen molar-refractivity contribution in [1.29, 1.82) is 0 Å². The number of hydrogen-bond donors (Lipinski definition) is 1. The molecular formula is C29H33FN4O5S. The molecular weight excluding hydrogens is 535 g/mol. The van der Waals surface area contributed by atoms with Crippen LogP contribution in [0.4, 0.5) is 4.39 Å². The minimum atomic E-state index is -4.27. The van der Waals surface area contributed by atoms with Crippen molar-refractivity contribution in [2.24, 2.45) is 5.92 Å². The summed E-state index contributed by atoms with van der Waals surface area (Å²) in [7, 11) is -4.27. The van der Waals surface area contributed by atoms with Gasteiger partial charge in [0.2, 0.25) is 5.88 Å². The van der Waals surface area contributed by atoms with Crippen LogP contribution >= 0.6 is 0 Å². The second-order valence-electron chi connectivity index (χ2n) is 9.44. The summed E-state index contributed by atoms with van der Waals surface area (Å²) in [6, 6.07) is 15.2. The summed E-state index contributed by atoms with van der Waals surface area (Å²) in [5, 5.41) is -0.293. The Morgan fingerprint density at radius 3 is 2.60 bits per heavy atom. The number of pyridine rings is 3. The van der Waals surface area contributed by atoms with Crippen molar-refractivity contribution >= 4 is 15.9 Å². The third-order valence-electron chi connectivity index (χ3n) is 5.57. The van der Waals surface area contributed by atoms with Gasteiger partial charge in [-0.1, -0.05) is 26.0 Å². The van der Waals surface area contributed by atoms with E-state index in [1.807, 2.05) is 24.6 Å². The molecule has 0 aliphatic heterocycles. The summed E-state index contributed by atoms with van der Waals surface area (Å²) < 4.78 is 53.7. The van der Waals surface area contributed by atoms with E-state index in [1.165, 1.54) is 36.4 Å². The lowest BCUT2D eigenvalue weighted by atomic mass is 10.1. The number of hydrogen-bond acceptors (Lipinski definition) is 8. The smallest absolute Gasteiger partial charge is 0.281 e. The van der Waals surface area contributed by atoms with Crippen molar-refractivity contribution in [2.75, 3.05) is 13.2 Å². The number of ether oxygens (including phenoxy) is 2. The van der Waals surface area contributed by atoms with Crippen LogP contribution in [-0.2, 0) is 16.4 Å². The number of amides is 1. The highest BCUT2D eigenvalue weighted by Crippen LogP contribution is 2.28. The predicted octanol–water partition coefficient (Wildman–Crippen LogP) is 5.25. The van der Waals surface area contributed by atoms with Crippen molar-refractivity contribution in [3.63, 3.8) is 0 Å². The molecule has 0 fully saturated rings. The van der Waals surface area contributed by atoms with Crippen molar-refractivity contribution in [1.82, 2.24) is 19.7 Å². The van der Waals surface area contributed by atoms with Crippen LogP contribution in [0.3, 0.4) is 0 Å². The van der Waals surface area contributed by atoms with E-state index in [4.69, 9.17) is 9.47 Å². The molecule has 0 saturated heterocycles. The first-order chi connectivity index (χ1) is 19.1. The summed E-state index contributed by atoms with van der Waals surface area (Å²) in [6.45, 7) is 6.14. The van der Waals surface area contributed by atoms with Gasteiger partial charge in [0.1, 0.15) is 17.1 Å². The first-order valence-corrected chi connectivity index (χ1v) is 14.1.